The summed E-state index contributed by atoms with van der Waals surface area (Å²) in [6.07, 6.45) is 5.00. The quantitative estimate of drug-likeness (QED) is 0.607. The molecule has 2 atom stereocenters. The lowest BCUT2D eigenvalue weighted by atomic mass is 9.89. The molecule has 22 heavy (non-hydrogen) atoms. The zero-order chi connectivity index (χ0) is 15.9. The fraction of sp³-hybridized carbons (Fsp3) is 0.750. The first-order valence-corrected chi connectivity index (χ1v) is 9.01. The lowest BCUT2D eigenvalue weighted by Crippen LogP contribution is -2.44. The maximum atomic E-state index is 9.55. The molecule has 1 aromatic heterocycles. The van der Waals surface area contributed by atoms with Crippen molar-refractivity contribution in [1.82, 2.24) is 19.8 Å². The van der Waals surface area contributed by atoms with Gasteiger partial charge in [-0.05, 0) is 38.1 Å². The van der Waals surface area contributed by atoms with Crippen LogP contribution in [0, 0.1) is 11.8 Å². The van der Waals surface area contributed by atoms with Crippen molar-refractivity contribution in [3.63, 3.8) is 0 Å². The number of nitrogens with zero attached hydrogens (tertiary/aromatic N) is 4. The van der Waals surface area contributed by atoms with Crippen LogP contribution in [0.15, 0.2) is 17.6 Å². The predicted octanol–water partition coefficient (Wildman–Crippen LogP) is 1.58. The summed E-state index contributed by atoms with van der Waals surface area (Å²) < 4.78 is 0. The van der Waals surface area contributed by atoms with Gasteiger partial charge in [-0.25, -0.2) is 9.97 Å². The monoisotopic (exact) mass is 324 g/mol. The molecule has 0 saturated carbocycles. The van der Waals surface area contributed by atoms with Crippen LogP contribution in [-0.2, 0) is 6.54 Å². The molecule has 0 amide bonds. The number of piperidine rings is 1. The average Bonchev–Trinajstić information content (AvgIpc) is 2.48. The van der Waals surface area contributed by atoms with Crippen molar-refractivity contribution >= 4 is 11.8 Å². The summed E-state index contributed by atoms with van der Waals surface area (Å²) in [6.45, 7) is 6.39. The van der Waals surface area contributed by atoms with E-state index >= 15 is 0 Å². The van der Waals surface area contributed by atoms with Gasteiger partial charge in [0.1, 0.15) is 0 Å². The van der Waals surface area contributed by atoms with Gasteiger partial charge >= 0.3 is 0 Å². The third-order valence-electron chi connectivity index (χ3n) is 3.94. The summed E-state index contributed by atoms with van der Waals surface area (Å²) in [4.78, 5) is 13.5. The first-order chi connectivity index (χ1) is 10.6. The van der Waals surface area contributed by atoms with E-state index in [2.05, 4.69) is 40.8 Å². The van der Waals surface area contributed by atoms with E-state index < -0.39 is 0 Å². The standard InChI is InChI=1S/C16H28N4OS/c1-4-22-16-17-6-15(7-18-16)11-20-9-13(8-19(2)3)5-14(10-20)12-21/h6-7,13-14,21H,4-5,8-12H2,1-3H3/t13-,14+/m1/s1. The highest BCUT2D eigenvalue weighted by Crippen LogP contribution is 2.23. The van der Waals surface area contributed by atoms with Crippen molar-refractivity contribution < 1.29 is 5.11 Å². The number of hydrogen-bond donors (Lipinski definition) is 1. The van der Waals surface area contributed by atoms with E-state index in [1.54, 1.807) is 11.8 Å². The SMILES string of the molecule is CCSc1ncc(CN2C[C@@H](CN(C)C)C[C@H](CO)C2)cn1. The van der Waals surface area contributed by atoms with E-state index in [1.807, 2.05) is 12.4 Å². The Bertz CT molecular complexity index is 440. The second-order valence-electron chi connectivity index (χ2n) is 6.41. The third-order valence-corrected chi connectivity index (χ3v) is 4.70. The van der Waals surface area contributed by atoms with Gasteiger partial charge in [0.05, 0.1) is 0 Å². The van der Waals surface area contributed by atoms with Gasteiger partial charge in [-0.2, -0.15) is 0 Å². The molecule has 6 heteroatoms. The minimum atomic E-state index is 0.281. The molecule has 0 aromatic carbocycles. The van der Waals surface area contributed by atoms with Gasteiger partial charge in [-0.3, -0.25) is 4.90 Å². The molecule has 0 unspecified atom stereocenters. The van der Waals surface area contributed by atoms with Gasteiger partial charge < -0.3 is 10.0 Å². The molecular weight excluding hydrogens is 296 g/mol. The molecule has 1 N–H and O–H groups in total. The van der Waals surface area contributed by atoms with Crippen LogP contribution in [0.2, 0.25) is 0 Å². The van der Waals surface area contributed by atoms with E-state index in [0.29, 0.717) is 11.8 Å². The van der Waals surface area contributed by atoms with E-state index in [4.69, 9.17) is 0 Å². The molecule has 0 aliphatic carbocycles. The molecule has 5 nitrogen and oxygen atoms in total. The Balaban J connectivity index is 1.94. The van der Waals surface area contributed by atoms with Gasteiger partial charge in [0.25, 0.3) is 0 Å². The maximum absolute atomic E-state index is 9.55. The van der Waals surface area contributed by atoms with Crippen LogP contribution in [0.1, 0.15) is 18.9 Å². The summed E-state index contributed by atoms with van der Waals surface area (Å²) in [7, 11) is 4.23. The summed E-state index contributed by atoms with van der Waals surface area (Å²) in [5.41, 5.74) is 1.16. The Kier molecular flexibility index (Phi) is 7.08. The van der Waals surface area contributed by atoms with Gasteiger partial charge in [0.15, 0.2) is 5.16 Å². The van der Waals surface area contributed by atoms with E-state index in [-0.39, 0.29) is 6.61 Å². The topological polar surface area (TPSA) is 52.5 Å². The third kappa shape index (κ3) is 5.50. The number of aromatic nitrogens is 2. The summed E-state index contributed by atoms with van der Waals surface area (Å²) >= 11 is 1.67. The predicted molar refractivity (Wildman–Crippen MR) is 90.9 cm³/mol. The Hall–Kier alpha value is -0.690. The van der Waals surface area contributed by atoms with Crippen LogP contribution in [0.4, 0.5) is 0 Å². The lowest BCUT2D eigenvalue weighted by Gasteiger charge is -2.38. The largest absolute Gasteiger partial charge is 0.396 e. The first kappa shape index (κ1) is 17.7. The molecular formula is C16H28N4OS. The molecule has 2 rings (SSSR count). The molecule has 2 heterocycles. The number of thioether (sulfide) groups is 1. The molecule has 0 radical (unpaired) electrons. The van der Waals surface area contributed by atoms with Crippen molar-refractivity contribution in [2.75, 3.05) is 46.1 Å². The Labute approximate surface area is 138 Å². The molecule has 0 spiro atoms. The van der Waals surface area contributed by atoms with E-state index in [1.165, 1.54) is 0 Å². The number of aliphatic hydroxyl groups excluding tert-OH is 1. The zero-order valence-electron chi connectivity index (χ0n) is 13.9. The van der Waals surface area contributed by atoms with Crippen molar-refractivity contribution in [2.45, 2.75) is 25.0 Å². The number of aliphatic hydroxyl groups is 1. The summed E-state index contributed by atoms with van der Waals surface area (Å²) in [6, 6.07) is 0. The Morgan fingerprint density at radius 1 is 1.27 bits per heavy atom. The van der Waals surface area contributed by atoms with Crippen LogP contribution in [0.25, 0.3) is 0 Å². The minimum absolute atomic E-state index is 0.281. The molecule has 1 aliphatic rings. The molecule has 124 valence electrons. The second kappa shape index (κ2) is 8.82. The van der Waals surface area contributed by atoms with Crippen molar-refractivity contribution in [1.29, 1.82) is 0 Å². The van der Waals surface area contributed by atoms with E-state index in [0.717, 1.165) is 49.1 Å². The number of likely N-dealkylation sites (tertiary alicyclic amines) is 1. The van der Waals surface area contributed by atoms with Crippen LogP contribution in [-0.4, -0.2) is 71.0 Å². The van der Waals surface area contributed by atoms with Crippen molar-refractivity contribution in [3.05, 3.63) is 18.0 Å². The van der Waals surface area contributed by atoms with Gasteiger partial charge in [0.2, 0.25) is 0 Å². The zero-order valence-corrected chi connectivity index (χ0v) is 14.7. The normalized spacial score (nSPS) is 23.1. The molecule has 0 bridgehead atoms. The Morgan fingerprint density at radius 2 is 1.95 bits per heavy atom. The van der Waals surface area contributed by atoms with Gasteiger partial charge in [-0.1, -0.05) is 18.7 Å². The highest BCUT2D eigenvalue weighted by atomic mass is 32.2. The first-order valence-electron chi connectivity index (χ1n) is 8.02. The van der Waals surface area contributed by atoms with Crippen molar-refractivity contribution in [2.24, 2.45) is 11.8 Å². The molecule has 1 aliphatic heterocycles. The fourth-order valence-corrected chi connectivity index (χ4v) is 3.73. The summed E-state index contributed by atoms with van der Waals surface area (Å²) in [5.74, 6) is 2.00. The van der Waals surface area contributed by atoms with Gasteiger partial charge in [0, 0.05) is 50.7 Å². The number of hydrogen-bond acceptors (Lipinski definition) is 6. The summed E-state index contributed by atoms with van der Waals surface area (Å²) in [5, 5.41) is 10.4. The maximum Gasteiger partial charge on any atom is 0.187 e. The van der Waals surface area contributed by atoms with Crippen LogP contribution >= 0.6 is 11.8 Å². The average molecular weight is 324 g/mol. The molecule has 1 saturated heterocycles. The fourth-order valence-electron chi connectivity index (χ4n) is 3.22. The highest BCUT2D eigenvalue weighted by molar-refractivity contribution is 7.99. The van der Waals surface area contributed by atoms with E-state index in [9.17, 15) is 5.11 Å². The molecule has 1 fully saturated rings. The van der Waals surface area contributed by atoms with Crippen LogP contribution in [0.3, 0.4) is 0 Å². The minimum Gasteiger partial charge on any atom is -0.396 e. The smallest absolute Gasteiger partial charge is 0.187 e. The molecule has 1 aromatic rings. The Morgan fingerprint density at radius 3 is 2.55 bits per heavy atom. The lowest BCUT2D eigenvalue weighted by molar-refractivity contribution is 0.0691. The second-order valence-corrected chi connectivity index (χ2v) is 7.64. The van der Waals surface area contributed by atoms with Crippen molar-refractivity contribution in [3.8, 4) is 0 Å². The number of rotatable bonds is 7. The van der Waals surface area contributed by atoms with Gasteiger partial charge in [-0.15, -0.1) is 0 Å². The van der Waals surface area contributed by atoms with Crippen LogP contribution < -0.4 is 0 Å². The highest BCUT2D eigenvalue weighted by Gasteiger charge is 2.27. The van der Waals surface area contributed by atoms with Crippen LogP contribution in [0.5, 0.6) is 0 Å².